The molecule has 3 aromatic carbocycles. The van der Waals surface area contributed by atoms with Crippen LogP contribution in [0.3, 0.4) is 0 Å². The minimum absolute atomic E-state index is 0.0409. The van der Waals surface area contributed by atoms with Gasteiger partial charge in [-0.15, -0.1) is 0 Å². The number of carbonyl (C=O) groups is 2. The number of nitrogens with zero attached hydrogens (tertiary/aromatic N) is 2. The molecule has 0 aliphatic carbocycles. The van der Waals surface area contributed by atoms with Crippen LogP contribution in [0.2, 0.25) is 0 Å². The normalized spacial score (nSPS) is 16.4. The highest BCUT2D eigenvalue weighted by Crippen LogP contribution is 2.46. The Morgan fingerprint density at radius 2 is 1.85 bits per heavy atom. The van der Waals surface area contributed by atoms with Gasteiger partial charge in [0.05, 0.1) is 42.2 Å². The van der Waals surface area contributed by atoms with Gasteiger partial charge < -0.3 is 19.3 Å². The van der Waals surface area contributed by atoms with E-state index in [1.165, 1.54) is 23.3 Å². The summed E-state index contributed by atoms with van der Waals surface area (Å²) in [6.07, 6.45) is 1.88. The number of rotatable bonds is 10. The molecule has 0 saturated carbocycles. The van der Waals surface area contributed by atoms with Crippen molar-refractivity contribution in [3.05, 3.63) is 82.9 Å². The summed E-state index contributed by atoms with van der Waals surface area (Å²) in [5.74, 6) is -0.303. The zero-order chi connectivity index (χ0) is 29.1. The third kappa shape index (κ3) is 5.50. The number of methoxy groups -OCH3 is 1. The zero-order valence-corrected chi connectivity index (χ0v) is 24.3. The third-order valence-corrected chi connectivity index (χ3v) is 7.88. The molecule has 212 valence electrons. The van der Waals surface area contributed by atoms with Crippen LogP contribution >= 0.6 is 11.3 Å². The number of ether oxygens (including phenoxy) is 3. The van der Waals surface area contributed by atoms with Gasteiger partial charge in [0.25, 0.3) is 5.78 Å². The summed E-state index contributed by atoms with van der Waals surface area (Å²) in [6, 6.07) is 17.0. The first-order valence-electron chi connectivity index (χ1n) is 13.6. The minimum atomic E-state index is -0.953. The van der Waals surface area contributed by atoms with Crippen LogP contribution in [-0.4, -0.2) is 42.1 Å². The number of aliphatic hydroxyl groups excluding tert-OH is 1. The molecule has 1 aliphatic heterocycles. The number of ketones is 1. The number of thiazole rings is 1. The topological polar surface area (TPSA) is 98.2 Å². The van der Waals surface area contributed by atoms with Crippen molar-refractivity contribution >= 4 is 44.1 Å². The largest absolute Gasteiger partial charge is 0.507 e. The van der Waals surface area contributed by atoms with Gasteiger partial charge in [0, 0.05) is 5.56 Å². The predicted octanol–water partition coefficient (Wildman–Crippen LogP) is 6.82. The fourth-order valence-corrected chi connectivity index (χ4v) is 5.91. The molecule has 4 aromatic rings. The third-order valence-electron chi connectivity index (χ3n) is 6.86. The summed E-state index contributed by atoms with van der Waals surface area (Å²) in [5.41, 5.74) is 2.68. The number of amides is 1. The minimum Gasteiger partial charge on any atom is -0.507 e. The Morgan fingerprint density at radius 1 is 1.02 bits per heavy atom. The maximum absolute atomic E-state index is 13.7. The van der Waals surface area contributed by atoms with Crippen molar-refractivity contribution in [1.82, 2.24) is 4.98 Å². The first-order chi connectivity index (χ1) is 19.9. The molecular formula is C32H32N2O6S. The van der Waals surface area contributed by atoms with E-state index < -0.39 is 17.7 Å². The number of carbonyl (C=O) groups excluding carboxylic acids is 2. The SMILES string of the molecule is CCCCOc1ccc(C2/C(=C(\O)c3cccc(OCC)c3)C(=O)C(=O)N2c2nc3ccc(C)cc3s2)cc1OC. The first kappa shape index (κ1) is 28.2. The number of aryl methyl sites for hydroxylation is 1. The number of anilines is 1. The fraction of sp³-hybridized carbons (Fsp3) is 0.281. The lowest BCUT2D eigenvalue weighted by Gasteiger charge is -2.24. The molecular weight excluding hydrogens is 540 g/mol. The Balaban J connectivity index is 1.68. The summed E-state index contributed by atoms with van der Waals surface area (Å²) in [6.45, 7) is 6.91. The molecule has 8 nitrogen and oxygen atoms in total. The molecule has 1 amide bonds. The van der Waals surface area contributed by atoms with Crippen LogP contribution in [0.4, 0.5) is 5.13 Å². The highest BCUT2D eigenvalue weighted by atomic mass is 32.1. The van der Waals surface area contributed by atoms with Crippen molar-refractivity contribution in [3.8, 4) is 17.2 Å². The van der Waals surface area contributed by atoms with Crippen molar-refractivity contribution < 1.29 is 28.9 Å². The molecule has 1 unspecified atom stereocenters. The molecule has 1 saturated heterocycles. The fourth-order valence-electron chi connectivity index (χ4n) is 4.82. The second-order valence-corrected chi connectivity index (χ2v) is 10.7. The molecule has 2 heterocycles. The molecule has 1 aliphatic rings. The Hall–Kier alpha value is -4.37. The van der Waals surface area contributed by atoms with Crippen LogP contribution in [-0.2, 0) is 9.59 Å². The maximum atomic E-state index is 13.7. The number of hydrogen-bond donors (Lipinski definition) is 1. The number of Topliss-reactive ketones (excluding diaryl/α,β-unsaturated/α-hetero) is 1. The van der Waals surface area contributed by atoms with Crippen molar-refractivity contribution in [2.24, 2.45) is 0 Å². The summed E-state index contributed by atoms with van der Waals surface area (Å²) in [5, 5.41) is 11.9. The van der Waals surface area contributed by atoms with E-state index in [2.05, 4.69) is 6.92 Å². The molecule has 41 heavy (non-hydrogen) atoms. The average molecular weight is 573 g/mol. The standard InChI is InChI=1S/C32H32N2O6S/c1-5-7-15-40-24-14-12-20(18-25(24)38-4)28-27(29(35)21-9-8-10-22(17-21)39-6-2)30(36)31(37)34(28)32-33-23-13-11-19(3)16-26(23)41-32/h8-14,16-18,28,35H,5-7,15H2,1-4H3/b29-27+. The second kappa shape index (κ2) is 12.0. The van der Waals surface area contributed by atoms with Crippen LogP contribution in [0, 0.1) is 6.92 Å². The molecule has 0 spiro atoms. The van der Waals surface area contributed by atoms with Gasteiger partial charge in [-0.05, 0) is 67.8 Å². The molecule has 0 bridgehead atoms. The molecule has 1 fully saturated rings. The monoisotopic (exact) mass is 572 g/mol. The van der Waals surface area contributed by atoms with Gasteiger partial charge in [0.1, 0.15) is 11.5 Å². The molecule has 1 N–H and O–H groups in total. The Labute approximate surface area is 242 Å². The van der Waals surface area contributed by atoms with Gasteiger partial charge >= 0.3 is 5.91 Å². The number of aliphatic hydroxyl groups is 1. The van der Waals surface area contributed by atoms with Gasteiger partial charge in [-0.1, -0.05) is 48.9 Å². The number of unbranched alkanes of at least 4 members (excludes halogenated alkanes) is 1. The highest BCUT2D eigenvalue weighted by Gasteiger charge is 2.48. The Kier molecular flexibility index (Phi) is 8.26. The number of aromatic nitrogens is 1. The number of benzene rings is 3. The summed E-state index contributed by atoms with van der Waals surface area (Å²) < 4.78 is 18.0. The summed E-state index contributed by atoms with van der Waals surface area (Å²) in [4.78, 5) is 33.4. The van der Waals surface area contributed by atoms with E-state index in [1.807, 2.05) is 32.0 Å². The Bertz CT molecular complexity index is 1640. The van der Waals surface area contributed by atoms with Crippen LogP contribution in [0.5, 0.6) is 17.2 Å². The predicted molar refractivity (Wildman–Crippen MR) is 160 cm³/mol. The van der Waals surface area contributed by atoms with Crippen molar-refractivity contribution in [2.45, 2.75) is 39.7 Å². The van der Waals surface area contributed by atoms with Gasteiger partial charge in [0.2, 0.25) is 0 Å². The lowest BCUT2D eigenvalue weighted by Crippen LogP contribution is -2.29. The van der Waals surface area contributed by atoms with Crippen molar-refractivity contribution in [2.75, 3.05) is 25.2 Å². The maximum Gasteiger partial charge on any atom is 0.301 e. The first-order valence-corrected chi connectivity index (χ1v) is 14.4. The lowest BCUT2D eigenvalue weighted by molar-refractivity contribution is -0.132. The Morgan fingerprint density at radius 3 is 2.61 bits per heavy atom. The van der Waals surface area contributed by atoms with Crippen LogP contribution in [0.25, 0.3) is 16.0 Å². The van der Waals surface area contributed by atoms with Gasteiger partial charge in [-0.2, -0.15) is 0 Å². The van der Waals surface area contributed by atoms with Crippen LogP contribution in [0.15, 0.2) is 66.2 Å². The quantitative estimate of drug-likeness (QED) is 0.0964. The van der Waals surface area contributed by atoms with E-state index >= 15 is 0 Å². The number of hydrogen-bond acceptors (Lipinski definition) is 8. The van der Waals surface area contributed by atoms with E-state index in [1.54, 1.807) is 42.5 Å². The van der Waals surface area contributed by atoms with Gasteiger partial charge in [-0.25, -0.2) is 4.98 Å². The molecule has 5 rings (SSSR count). The van der Waals surface area contributed by atoms with Crippen LogP contribution < -0.4 is 19.1 Å². The van der Waals surface area contributed by atoms with E-state index in [-0.39, 0.29) is 11.3 Å². The van der Waals surface area contributed by atoms with Gasteiger partial charge in [-0.3, -0.25) is 14.5 Å². The highest BCUT2D eigenvalue weighted by molar-refractivity contribution is 7.22. The summed E-state index contributed by atoms with van der Waals surface area (Å²) in [7, 11) is 1.54. The van der Waals surface area contributed by atoms with E-state index in [0.717, 1.165) is 28.6 Å². The van der Waals surface area contributed by atoms with Crippen LogP contribution in [0.1, 0.15) is 49.4 Å². The molecule has 1 aromatic heterocycles. The average Bonchev–Trinajstić information content (AvgIpc) is 3.50. The summed E-state index contributed by atoms with van der Waals surface area (Å²) >= 11 is 1.32. The second-order valence-electron chi connectivity index (χ2n) is 9.71. The molecule has 9 heteroatoms. The van der Waals surface area contributed by atoms with Crippen molar-refractivity contribution in [3.63, 3.8) is 0 Å². The van der Waals surface area contributed by atoms with Gasteiger partial charge in [0.15, 0.2) is 16.6 Å². The number of fused-ring (bicyclic) bond motifs is 1. The van der Waals surface area contributed by atoms with E-state index in [9.17, 15) is 14.7 Å². The smallest absolute Gasteiger partial charge is 0.301 e. The molecule has 0 radical (unpaired) electrons. The van der Waals surface area contributed by atoms with Crippen molar-refractivity contribution in [1.29, 1.82) is 0 Å². The van der Waals surface area contributed by atoms with E-state index in [4.69, 9.17) is 19.2 Å². The molecule has 1 atom stereocenters. The lowest BCUT2D eigenvalue weighted by atomic mass is 9.95. The zero-order valence-electron chi connectivity index (χ0n) is 23.5. The van der Waals surface area contributed by atoms with E-state index in [0.29, 0.717) is 46.7 Å².